The predicted octanol–water partition coefficient (Wildman–Crippen LogP) is 4.19. The van der Waals surface area contributed by atoms with E-state index in [1.807, 2.05) is 18.2 Å². The summed E-state index contributed by atoms with van der Waals surface area (Å²) in [5.74, 6) is 1.80. The second-order valence-corrected chi connectivity index (χ2v) is 11.4. The van der Waals surface area contributed by atoms with Gasteiger partial charge >= 0.3 is 0 Å². The molecule has 1 aromatic carbocycles. The summed E-state index contributed by atoms with van der Waals surface area (Å²) in [6.07, 6.45) is 6.90. The van der Waals surface area contributed by atoms with Crippen molar-refractivity contribution >= 4 is 35.2 Å². The van der Waals surface area contributed by atoms with Crippen LogP contribution in [0.15, 0.2) is 35.6 Å². The Kier molecular flexibility index (Phi) is 4.24. The summed E-state index contributed by atoms with van der Waals surface area (Å²) >= 11 is 7.95. The Bertz CT molecular complexity index is 942. The van der Waals surface area contributed by atoms with Gasteiger partial charge in [-0.1, -0.05) is 29.8 Å². The molecule has 0 spiro atoms. The van der Waals surface area contributed by atoms with Crippen LogP contribution in [0.2, 0.25) is 5.02 Å². The largest absolute Gasteiger partial charge is 0.509 e. The number of nitrogens with one attached hydrogen (secondary N) is 1. The lowest BCUT2D eigenvalue weighted by atomic mass is 9.53. The molecule has 5 nitrogen and oxygen atoms in total. The molecule has 7 rings (SSSR count). The third-order valence-corrected chi connectivity index (χ3v) is 9.49. The van der Waals surface area contributed by atoms with Crippen molar-refractivity contribution in [3.05, 3.63) is 46.2 Å². The van der Waals surface area contributed by atoms with Crippen molar-refractivity contribution in [1.82, 2.24) is 10.2 Å². The van der Waals surface area contributed by atoms with Crippen molar-refractivity contribution in [1.29, 1.82) is 0 Å². The van der Waals surface area contributed by atoms with Gasteiger partial charge in [0.15, 0.2) is 0 Å². The maximum atomic E-state index is 13.3. The maximum Gasteiger partial charge on any atom is 0.264 e. The normalized spacial score (nSPS) is 39.0. The summed E-state index contributed by atoms with van der Waals surface area (Å²) in [4.78, 5) is 28.2. The van der Waals surface area contributed by atoms with Crippen LogP contribution in [-0.4, -0.2) is 39.2 Å². The average Bonchev–Trinajstić information content (AvgIpc) is 3.21. The molecule has 0 radical (unpaired) electrons. The van der Waals surface area contributed by atoms with Gasteiger partial charge in [0.05, 0.1) is 0 Å². The van der Waals surface area contributed by atoms with Crippen LogP contribution in [0.1, 0.15) is 49.5 Å². The number of thioether (sulfide) groups is 1. The molecule has 6 aliphatic rings. The Morgan fingerprint density at radius 2 is 1.77 bits per heavy atom. The standard InChI is InChI=1S/C23H25ClN2O3S/c24-16-4-2-1-3-15(16)22-26-17(11-30-22)19(27)18(21(26)29)20(28)25-23-8-12-5-13(9-23)7-14(6-12)10-23/h1-4,12-14,17,22,27H,5-11H2,(H,25,28)/t12?,13?,14?,17?,22-,23?/m0/s1. The molecule has 2 aliphatic heterocycles. The lowest BCUT2D eigenvalue weighted by Crippen LogP contribution is -2.60. The molecule has 4 aliphatic carbocycles. The van der Waals surface area contributed by atoms with E-state index in [0.29, 0.717) is 28.5 Å². The van der Waals surface area contributed by atoms with Gasteiger partial charge in [0, 0.05) is 21.9 Å². The highest BCUT2D eigenvalue weighted by Gasteiger charge is 2.54. The number of carbonyl (C=O) groups excluding carboxylic acids is 2. The molecule has 1 saturated heterocycles. The van der Waals surface area contributed by atoms with Crippen LogP contribution in [0, 0.1) is 17.8 Å². The third-order valence-electron chi connectivity index (χ3n) is 7.84. The first-order chi connectivity index (χ1) is 14.4. The SMILES string of the molecule is O=C(NC12CC3CC(CC(C3)C1)C2)C1=C(O)C2CS[C@@H](c3ccccc3Cl)N2C1=O. The number of benzene rings is 1. The zero-order valence-electron chi connectivity index (χ0n) is 16.6. The van der Waals surface area contributed by atoms with Crippen molar-refractivity contribution in [3.63, 3.8) is 0 Å². The summed E-state index contributed by atoms with van der Waals surface area (Å²) in [6.45, 7) is 0. The fourth-order valence-corrected chi connectivity index (χ4v) is 8.84. The Morgan fingerprint density at radius 3 is 2.40 bits per heavy atom. The van der Waals surface area contributed by atoms with E-state index in [1.54, 1.807) is 22.7 Å². The first-order valence-electron chi connectivity index (χ1n) is 10.9. The van der Waals surface area contributed by atoms with E-state index in [2.05, 4.69) is 5.32 Å². The van der Waals surface area contributed by atoms with E-state index in [1.165, 1.54) is 19.3 Å². The molecule has 4 bridgehead atoms. The summed E-state index contributed by atoms with van der Waals surface area (Å²) in [7, 11) is 0. The zero-order chi connectivity index (χ0) is 20.6. The van der Waals surface area contributed by atoms with Crippen molar-refractivity contribution < 1.29 is 14.7 Å². The third kappa shape index (κ3) is 2.76. The highest BCUT2D eigenvalue weighted by molar-refractivity contribution is 7.99. The minimum Gasteiger partial charge on any atom is -0.509 e. The summed E-state index contributed by atoms with van der Waals surface area (Å²) in [5.41, 5.74) is 0.590. The number of aliphatic hydroxyl groups excluding tert-OH is 1. The van der Waals surface area contributed by atoms with Gasteiger partial charge in [0.2, 0.25) is 0 Å². The van der Waals surface area contributed by atoms with Gasteiger partial charge in [0.25, 0.3) is 11.8 Å². The molecule has 2 N–H and O–H groups in total. The fourth-order valence-electron chi connectivity index (χ4n) is 7.07. The second kappa shape index (κ2) is 6.67. The Labute approximate surface area is 185 Å². The van der Waals surface area contributed by atoms with Crippen LogP contribution in [0.5, 0.6) is 0 Å². The van der Waals surface area contributed by atoms with E-state index in [0.717, 1.165) is 24.8 Å². The minimum absolute atomic E-state index is 0.0619. The molecule has 7 heteroatoms. The molecule has 0 aromatic heterocycles. The molecule has 30 heavy (non-hydrogen) atoms. The van der Waals surface area contributed by atoms with Crippen LogP contribution in [0.25, 0.3) is 0 Å². The van der Waals surface area contributed by atoms with Crippen molar-refractivity contribution in [2.24, 2.45) is 17.8 Å². The average molecular weight is 445 g/mol. The lowest BCUT2D eigenvalue weighted by molar-refractivity contribution is -0.131. The van der Waals surface area contributed by atoms with Crippen LogP contribution >= 0.6 is 23.4 Å². The molecule has 5 fully saturated rings. The van der Waals surface area contributed by atoms with Crippen LogP contribution in [0.3, 0.4) is 0 Å². The van der Waals surface area contributed by atoms with Gasteiger partial charge in [0.1, 0.15) is 22.7 Å². The Hall–Kier alpha value is -1.66. The topological polar surface area (TPSA) is 69.6 Å². The second-order valence-electron chi connectivity index (χ2n) is 9.85. The van der Waals surface area contributed by atoms with Gasteiger partial charge in [-0.3, -0.25) is 9.59 Å². The monoisotopic (exact) mass is 444 g/mol. The number of amides is 2. The summed E-state index contributed by atoms with van der Waals surface area (Å²) in [6, 6.07) is 7.00. The molecule has 1 unspecified atom stereocenters. The number of hydrogen-bond donors (Lipinski definition) is 2. The number of rotatable bonds is 3. The smallest absolute Gasteiger partial charge is 0.264 e. The number of fused-ring (bicyclic) bond motifs is 1. The van der Waals surface area contributed by atoms with Crippen molar-refractivity contribution in [2.75, 3.05) is 5.75 Å². The number of halogens is 1. The van der Waals surface area contributed by atoms with Crippen LogP contribution in [0.4, 0.5) is 0 Å². The van der Waals surface area contributed by atoms with E-state index < -0.39 is 11.9 Å². The highest BCUT2D eigenvalue weighted by Crippen LogP contribution is 2.56. The number of hydrogen-bond acceptors (Lipinski definition) is 4. The Morgan fingerprint density at radius 1 is 1.13 bits per heavy atom. The van der Waals surface area contributed by atoms with Gasteiger partial charge in [-0.15, -0.1) is 11.8 Å². The van der Waals surface area contributed by atoms with Gasteiger partial charge in [-0.2, -0.15) is 0 Å². The maximum absolute atomic E-state index is 13.3. The van der Waals surface area contributed by atoms with E-state index in [-0.39, 0.29) is 28.2 Å². The van der Waals surface area contributed by atoms with Gasteiger partial charge in [-0.05, 0) is 62.3 Å². The minimum atomic E-state index is -0.458. The molecule has 4 saturated carbocycles. The summed E-state index contributed by atoms with van der Waals surface area (Å²) < 4.78 is 0. The molecule has 2 atom stereocenters. The molecular formula is C23H25ClN2O3S. The molecule has 2 amide bonds. The van der Waals surface area contributed by atoms with Crippen molar-refractivity contribution in [2.45, 2.75) is 55.5 Å². The predicted molar refractivity (Wildman–Crippen MR) is 116 cm³/mol. The van der Waals surface area contributed by atoms with Crippen LogP contribution in [-0.2, 0) is 9.59 Å². The molecule has 158 valence electrons. The van der Waals surface area contributed by atoms with E-state index >= 15 is 0 Å². The van der Waals surface area contributed by atoms with Crippen LogP contribution < -0.4 is 5.32 Å². The van der Waals surface area contributed by atoms with Crippen molar-refractivity contribution in [3.8, 4) is 0 Å². The fraction of sp³-hybridized carbons (Fsp3) is 0.565. The molecule has 1 aromatic rings. The number of nitrogens with zero attached hydrogens (tertiary/aromatic N) is 1. The molecular weight excluding hydrogens is 420 g/mol. The Balaban J connectivity index is 1.26. The van der Waals surface area contributed by atoms with Gasteiger partial charge in [-0.25, -0.2) is 0 Å². The number of carbonyl (C=O) groups is 2. The summed E-state index contributed by atoms with van der Waals surface area (Å²) in [5, 5.41) is 14.4. The quantitative estimate of drug-likeness (QED) is 0.686. The first-order valence-corrected chi connectivity index (χ1v) is 12.3. The highest BCUT2D eigenvalue weighted by atomic mass is 35.5. The number of aliphatic hydroxyl groups is 1. The molecule has 2 heterocycles. The first kappa shape index (κ1) is 19.1. The zero-order valence-corrected chi connectivity index (χ0v) is 18.2. The lowest BCUT2D eigenvalue weighted by Gasteiger charge is -2.56. The van der Waals surface area contributed by atoms with Gasteiger partial charge < -0.3 is 15.3 Å². The van der Waals surface area contributed by atoms with E-state index in [9.17, 15) is 14.7 Å². The van der Waals surface area contributed by atoms with E-state index in [4.69, 9.17) is 11.6 Å².